The van der Waals surface area contributed by atoms with Crippen LogP contribution in [0.5, 0.6) is 0 Å². The Morgan fingerprint density at radius 3 is 2.27 bits per heavy atom. The second-order valence-electron chi connectivity index (χ2n) is 12.7. The first-order valence-corrected chi connectivity index (χ1v) is 15.9. The van der Waals surface area contributed by atoms with E-state index < -0.39 is 19.0 Å². The van der Waals surface area contributed by atoms with Crippen molar-refractivity contribution in [2.45, 2.75) is 97.1 Å². The van der Waals surface area contributed by atoms with E-state index in [0.29, 0.717) is 18.9 Å². The quantitative estimate of drug-likeness (QED) is 0.507. The predicted molar refractivity (Wildman–Crippen MR) is 136 cm³/mol. The van der Waals surface area contributed by atoms with Crippen molar-refractivity contribution in [1.82, 2.24) is 15.5 Å². The number of nitrogens with zero attached hydrogens (tertiary/aromatic N) is 2. The SMILES string of the molecule is CC(C)C(NC(=O)N1CC2=C(CN=C2NC(=O)C2([Si](C)(C)C)CCC2)C1(C)C)C(C)(C)CO. The van der Waals surface area contributed by atoms with Crippen molar-refractivity contribution < 1.29 is 14.7 Å². The molecule has 3 aliphatic rings. The molecular weight excluding hydrogens is 432 g/mol. The lowest BCUT2D eigenvalue weighted by molar-refractivity contribution is -0.125. The van der Waals surface area contributed by atoms with Crippen LogP contribution in [-0.4, -0.2) is 67.1 Å². The molecule has 1 aliphatic carbocycles. The van der Waals surface area contributed by atoms with Crippen LogP contribution < -0.4 is 10.6 Å². The fourth-order valence-corrected chi connectivity index (χ4v) is 8.43. The van der Waals surface area contributed by atoms with Crippen molar-refractivity contribution in [3.63, 3.8) is 0 Å². The lowest BCUT2D eigenvalue weighted by Gasteiger charge is -2.49. The van der Waals surface area contributed by atoms with Crippen molar-refractivity contribution in [3.8, 4) is 0 Å². The first-order valence-electron chi connectivity index (χ1n) is 12.4. The summed E-state index contributed by atoms with van der Waals surface area (Å²) >= 11 is 0. The number of hydrogen-bond donors (Lipinski definition) is 3. The average molecular weight is 477 g/mol. The number of rotatable bonds is 6. The third-order valence-electron chi connectivity index (χ3n) is 8.52. The molecule has 0 saturated heterocycles. The van der Waals surface area contributed by atoms with E-state index in [-0.39, 0.29) is 35.5 Å². The summed E-state index contributed by atoms with van der Waals surface area (Å²) in [5.41, 5.74) is 1.16. The van der Waals surface area contributed by atoms with Gasteiger partial charge in [0.1, 0.15) is 5.84 Å². The molecule has 8 heteroatoms. The van der Waals surface area contributed by atoms with Crippen LogP contribution in [0.3, 0.4) is 0 Å². The smallest absolute Gasteiger partial charge is 0.318 e. The summed E-state index contributed by atoms with van der Waals surface area (Å²) in [6.07, 6.45) is 3.04. The normalized spacial score (nSPS) is 22.6. The third kappa shape index (κ3) is 4.29. The van der Waals surface area contributed by atoms with Gasteiger partial charge in [0.05, 0.1) is 33.3 Å². The number of carbonyl (C=O) groups excluding carboxylic acids is 2. The second kappa shape index (κ2) is 8.52. The van der Waals surface area contributed by atoms with Crippen LogP contribution in [-0.2, 0) is 4.79 Å². The van der Waals surface area contributed by atoms with Crippen LogP contribution in [0.2, 0.25) is 24.7 Å². The molecule has 186 valence electrons. The zero-order chi connectivity index (χ0) is 25.0. The van der Waals surface area contributed by atoms with Gasteiger partial charge >= 0.3 is 6.03 Å². The first-order chi connectivity index (χ1) is 15.1. The van der Waals surface area contributed by atoms with Gasteiger partial charge in [-0.3, -0.25) is 9.79 Å². The summed E-state index contributed by atoms with van der Waals surface area (Å²) in [5.74, 6) is 0.947. The van der Waals surface area contributed by atoms with E-state index in [2.05, 4.69) is 49.1 Å². The van der Waals surface area contributed by atoms with Gasteiger partial charge in [0.25, 0.3) is 0 Å². The van der Waals surface area contributed by atoms with Gasteiger partial charge in [0.15, 0.2) is 0 Å². The maximum Gasteiger partial charge on any atom is 0.318 e. The Hall–Kier alpha value is -1.67. The van der Waals surface area contributed by atoms with Gasteiger partial charge in [-0.25, -0.2) is 4.79 Å². The Kier molecular flexibility index (Phi) is 6.70. The average Bonchev–Trinajstić information content (AvgIpc) is 3.15. The van der Waals surface area contributed by atoms with Crippen molar-refractivity contribution in [2.75, 3.05) is 19.7 Å². The Bertz CT molecular complexity index is 879. The number of aliphatic hydroxyl groups is 1. The summed E-state index contributed by atoms with van der Waals surface area (Å²) in [6.45, 7) is 19.9. The van der Waals surface area contributed by atoms with Crippen LogP contribution in [0.25, 0.3) is 0 Å². The maximum absolute atomic E-state index is 13.4. The van der Waals surface area contributed by atoms with Crippen LogP contribution in [0.1, 0.15) is 60.8 Å². The van der Waals surface area contributed by atoms with Crippen LogP contribution >= 0.6 is 0 Å². The van der Waals surface area contributed by atoms with Crippen molar-refractivity contribution >= 4 is 25.8 Å². The van der Waals surface area contributed by atoms with E-state index in [1.165, 1.54) is 0 Å². The molecular formula is C25H44N4O3Si. The van der Waals surface area contributed by atoms with E-state index in [4.69, 9.17) is 0 Å². The summed E-state index contributed by atoms with van der Waals surface area (Å²) in [7, 11) is -1.68. The third-order valence-corrected chi connectivity index (χ3v) is 12.1. The van der Waals surface area contributed by atoms with E-state index in [9.17, 15) is 14.7 Å². The molecule has 1 unspecified atom stereocenters. The predicted octanol–water partition coefficient (Wildman–Crippen LogP) is 3.92. The molecule has 33 heavy (non-hydrogen) atoms. The number of amidine groups is 1. The summed E-state index contributed by atoms with van der Waals surface area (Å²) in [4.78, 5) is 33.3. The van der Waals surface area contributed by atoms with Gasteiger partial charge in [0.2, 0.25) is 5.91 Å². The molecule has 2 heterocycles. The minimum atomic E-state index is -1.68. The Morgan fingerprint density at radius 1 is 1.21 bits per heavy atom. The Balaban J connectivity index is 1.76. The van der Waals surface area contributed by atoms with E-state index >= 15 is 0 Å². The molecule has 3 amide bonds. The van der Waals surface area contributed by atoms with Crippen LogP contribution in [0.15, 0.2) is 16.1 Å². The van der Waals surface area contributed by atoms with Gasteiger partial charge in [-0.05, 0) is 38.2 Å². The highest BCUT2D eigenvalue weighted by Gasteiger charge is 2.54. The second-order valence-corrected chi connectivity index (χ2v) is 18.2. The molecule has 1 atom stereocenters. The summed E-state index contributed by atoms with van der Waals surface area (Å²) < 4.78 is 0. The molecule has 1 fully saturated rings. The number of carbonyl (C=O) groups is 2. The molecule has 3 N–H and O–H groups in total. The first kappa shape index (κ1) is 25.9. The number of aliphatic hydroxyl groups excluding tert-OH is 1. The molecule has 0 aromatic heterocycles. The van der Waals surface area contributed by atoms with Crippen molar-refractivity contribution in [1.29, 1.82) is 0 Å². The molecule has 0 aromatic rings. The monoisotopic (exact) mass is 476 g/mol. The minimum Gasteiger partial charge on any atom is -0.396 e. The molecule has 7 nitrogen and oxygen atoms in total. The lowest BCUT2D eigenvalue weighted by atomic mass is 9.79. The van der Waals surface area contributed by atoms with Gasteiger partial charge < -0.3 is 20.6 Å². The zero-order valence-electron chi connectivity index (χ0n) is 22.1. The molecule has 3 rings (SSSR count). The minimum absolute atomic E-state index is 0.00402. The van der Waals surface area contributed by atoms with Crippen molar-refractivity contribution in [3.05, 3.63) is 11.1 Å². The zero-order valence-corrected chi connectivity index (χ0v) is 23.1. The van der Waals surface area contributed by atoms with Crippen molar-refractivity contribution in [2.24, 2.45) is 16.3 Å². The van der Waals surface area contributed by atoms with Gasteiger partial charge in [-0.15, -0.1) is 0 Å². The largest absolute Gasteiger partial charge is 0.396 e. The standard InChI is InChI=1S/C25H44N4O3Si/c1-16(2)19(23(3,4)15-30)27-22(32)29-14-17-18(24(29,5)6)13-26-20(17)28-21(31)25(11-10-12-25)33(7,8)9/h16,19,30H,10-15H2,1-9H3,(H,27,32)(H,26,28,31). The molecule has 2 aliphatic heterocycles. The maximum atomic E-state index is 13.4. The molecule has 0 bridgehead atoms. The lowest BCUT2D eigenvalue weighted by Crippen LogP contribution is -2.57. The number of nitrogens with one attached hydrogen (secondary N) is 2. The van der Waals surface area contributed by atoms with E-state index in [0.717, 1.165) is 30.4 Å². The fourth-order valence-electron chi connectivity index (χ4n) is 5.83. The van der Waals surface area contributed by atoms with Gasteiger partial charge in [-0.2, -0.15) is 0 Å². The fraction of sp³-hybridized carbons (Fsp3) is 0.800. The van der Waals surface area contributed by atoms with Crippen LogP contribution in [0, 0.1) is 11.3 Å². The molecule has 0 aromatic carbocycles. The summed E-state index contributed by atoms with van der Waals surface area (Å²) in [6, 6.07) is -0.304. The van der Waals surface area contributed by atoms with E-state index in [1.54, 1.807) is 0 Å². The highest BCUT2D eigenvalue weighted by molar-refractivity contribution is 6.82. The molecule has 1 saturated carbocycles. The van der Waals surface area contributed by atoms with E-state index in [1.807, 2.05) is 32.6 Å². The molecule has 0 radical (unpaired) electrons. The van der Waals surface area contributed by atoms with Gasteiger partial charge in [0, 0.05) is 22.1 Å². The summed E-state index contributed by atoms with van der Waals surface area (Å²) in [5, 5.41) is 16.0. The molecule has 0 spiro atoms. The number of urea groups is 1. The number of amides is 3. The Morgan fingerprint density at radius 2 is 1.82 bits per heavy atom. The number of hydrogen-bond acceptors (Lipinski definition) is 4. The number of aliphatic imine (C=N–C) groups is 1. The highest BCUT2D eigenvalue weighted by atomic mass is 28.3. The Labute approximate surface area is 200 Å². The highest BCUT2D eigenvalue weighted by Crippen LogP contribution is 2.55. The van der Waals surface area contributed by atoms with Crippen LogP contribution in [0.4, 0.5) is 4.79 Å². The topological polar surface area (TPSA) is 94.0 Å². The van der Waals surface area contributed by atoms with Gasteiger partial charge in [-0.1, -0.05) is 53.8 Å².